The lowest BCUT2D eigenvalue weighted by molar-refractivity contribution is 0.810. The minimum atomic E-state index is 0.824. The Morgan fingerprint density at radius 2 is 2.25 bits per heavy atom. The lowest BCUT2D eigenvalue weighted by atomic mass is 10.3. The fourth-order valence-corrected chi connectivity index (χ4v) is 1.40. The van der Waals surface area contributed by atoms with Crippen molar-refractivity contribution in [3.8, 4) is 0 Å². The molecule has 0 aliphatic carbocycles. The molecule has 0 saturated carbocycles. The smallest absolute Gasteiger partial charge is 0.148 e. The van der Waals surface area contributed by atoms with Crippen LogP contribution >= 0.6 is 0 Å². The monoisotopic (exact) mass is 217 g/mol. The second-order valence-corrected chi connectivity index (χ2v) is 3.63. The summed E-state index contributed by atoms with van der Waals surface area (Å²) in [6.07, 6.45) is 5.57. The highest BCUT2D eigenvalue weighted by Gasteiger charge is 1.96. The van der Waals surface area contributed by atoms with Crippen molar-refractivity contribution in [1.82, 2.24) is 20.2 Å². The number of imidazole rings is 1. The van der Waals surface area contributed by atoms with Gasteiger partial charge < -0.3 is 10.3 Å². The highest BCUT2D eigenvalue weighted by Crippen LogP contribution is 2.01. The summed E-state index contributed by atoms with van der Waals surface area (Å²) in [6.45, 7) is 2.80. The molecule has 0 aromatic carbocycles. The van der Waals surface area contributed by atoms with Gasteiger partial charge in [-0.25, -0.2) is 4.98 Å². The number of rotatable bonds is 5. The van der Waals surface area contributed by atoms with E-state index in [-0.39, 0.29) is 0 Å². The Morgan fingerprint density at radius 3 is 2.94 bits per heavy atom. The summed E-state index contributed by atoms with van der Waals surface area (Å²) in [6, 6.07) is 3.89. The summed E-state index contributed by atoms with van der Waals surface area (Å²) in [7, 11) is 0. The van der Waals surface area contributed by atoms with E-state index >= 15 is 0 Å². The maximum Gasteiger partial charge on any atom is 0.148 e. The fourth-order valence-electron chi connectivity index (χ4n) is 1.40. The summed E-state index contributed by atoms with van der Waals surface area (Å²) < 4.78 is 0. The number of H-pyrrole nitrogens is 1. The summed E-state index contributed by atoms with van der Waals surface area (Å²) in [5.41, 5.74) is 0.932. The lowest BCUT2D eigenvalue weighted by Gasteiger charge is -2.03. The molecule has 2 N–H and O–H groups in total. The van der Waals surface area contributed by atoms with E-state index in [0.717, 1.165) is 36.7 Å². The summed E-state index contributed by atoms with van der Waals surface area (Å²) in [5.74, 6) is 1.85. The molecule has 0 spiro atoms. The van der Waals surface area contributed by atoms with Gasteiger partial charge in [0.05, 0.1) is 5.69 Å². The number of aryl methyl sites for hydroxylation is 2. The van der Waals surface area contributed by atoms with Crippen LogP contribution in [-0.2, 0) is 6.42 Å². The maximum absolute atomic E-state index is 4.16. The third-order valence-corrected chi connectivity index (χ3v) is 2.25. The van der Waals surface area contributed by atoms with E-state index < -0.39 is 0 Å². The van der Waals surface area contributed by atoms with E-state index in [2.05, 4.69) is 25.5 Å². The minimum Gasteiger partial charge on any atom is -0.369 e. The minimum absolute atomic E-state index is 0.824. The molecule has 0 atom stereocenters. The zero-order valence-corrected chi connectivity index (χ0v) is 9.27. The van der Waals surface area contributed by atoms with E-state index in [1.807, 2.05) is 25.3 Å². The zero-order chi connectivity index (χ0) is 11.2. The number of hydrogen-bond acceptors (Lipinski definition) is 4. The number of nitrogens with zero attached hydrogens (tertiary/aromatic N) is 3. The Hall–Kier alpha value is -1.91. The Kier molecular flexibility index (Phi) is 3.48. The number of aromatic nitrogens is 4. The molecular formula is C11H15N5. The first kappa shape index (κ1) is 10.6. The van der Waals surface area contributed by atoms with Gasteiger partial charge in [-0.3, -0.25) is 0 Å². The van der Waals surface area contributed by atoms with Crippen LogP contribution in [0.15, 0.2) is 24.5 Å². The molecule has 0 fully saturated rings. The van der Waals surface area contributed by atoms with Crippen molar-refractivity contribution >= 4 is 5.82 Å². The second kappa shape index (κ2) is 5.25. The summed E-state index contributed by atoms with van der Waals surface area (Å²) in [5, 5.41) is 11.2. The van der Waals surface area contributed by atoms with Crippen molar-refractivity contribution in [2.45, 2.75) is 19.8 Å². The zero-order valence-electron chi connectivity index (χ0n) is 9.27. The molecule has 2 heterocycles. The molecule has 0 aliphatic rings. The summed E-state index contributed by atoms with van der Waals surface area (Å²) >= 11 is 0. The Morgan fingerprint density at radius 1 is 1.31 bits per heavy atom. The topological polar surface area (TPSA) is 66.5 Å². The van der Waals surface area contributed by atoms with Gasteiger partial charge in [0.1, 0.15) is 11.6 Å². The molecule has 5 heteroatoms. The van der Waals surface area contributed by atoms with E-state index in [9.17, 15) is 0 Å². The normalized spacial score (nSPS) is 10.3. The van der Waals surface area contributed by atoms with Crippen LogP contribution in [0.5, 0.6) is 0 Å². The van der Waals surface area contributed by atoms with Crippen LogP contribution in [0.25, 0.3) is 0 Å². The Bertz CT molecular complexity index is 406. The van der Waals surface area contributed by atoms with Crippen molar-refractivity contribution in [1.29, 1.82) is 0 Å². The van der Waals surface area contributed by atoms with Crippen LogP contribution in [0.2, 0.25) is 0 Å². The van der Waals surface area contributed by atoms with Gasteiger partial charge >= 0.3 is 0 Å². The largest absolute Gasteiger partial charge is 0.369 e. The van der Waals surface area contributed by atoms with E-state index in [1.165, 1.54) is 0 Å². The van der Waals surface area contributed by atoms with Crippen LogP contribution in [0, 0.1) is 6.92 Å². The summed E-state index contributed by atoms with van der Waals surface area (Å²) in [4.78, 5) is 7.24. The molecule has 0 unspecified atom stereocenters. The van der Waals surface area contributed by atoms with Gasteiger partial charge in [-0.05, 0) is 25.5 Å². The molecule has 0 amide bonds. The first-order valence-corrected chi connectivity index (χ1v) is 5.37. The molecule has 0 radical (unpaired) electrons. The fraction of sp³-hybridized carbons (Fsp3) is 0.364. The molecule has 0 saturated heterocycles. The molecule has 2 aromatic rings. The van der Waals surface area contributed by atoms with Crippen molar-refractivity contribution in [3.63, 3.8) is 0 Å². The predicted molar refractivity (Wildman–Crippen MR) is 62.2 cm³/mol. The number of anilines is 1. The highest BCUT2D eigenvalue weighted by atomic mass is 15.2. The van der Waals surface area contributed by atoms with Gasteiger partial charge in [-0.2, -0.15) is 5.10 Å². The van der Waals surface area contributed by atoms with Crippen LogP contribution in [0.4, 0.5) is 5.82 Å². The van der Waals surface area contributed by atoms with Gasteiger partial charge in [-0.1, -0.05) is 0 Å². The third-order valence-electron chi connectivity index (χ3n) is 2.25. The van der Waals surface area contributed by atoms with Gasteiger partial charge in [-0.15, -0.1) is 5.10 Å². The lowest BCUT2D eigenvalue weighted by Crippen LogP contribution is -2.05. The average Bonchev–Trinajstić information content (AvgIpc) is 2.80. The van der Waals surface area contributed by atoms with Gasteiger partial charge in [0.15, 0.2) is 0 Å². The number of aromatic amines is 1. The van der Waals surface area contributed by atoms with Crippen molar-refractivity contribution < 1.29 is 0 Å². The molecule has 84 valence electrons. The first-order valence-electron chi connectivity index (χ1n) is 5.37. The van der Waals surface area contributed by atoms with E-state index in [1.54, 1.807) is 6.20 Å². The predicted octanol–water partition coefficient (Wildman–Crippen LogP) is 1.55. The van der Waals surface area contributed by atoms with Crippen LogP contribution in [0.3, 0.4) is 0 Å². The molecule has 5 nitrogen and oxygen atoms in total. The van der Waals surface area contributed by atoms with Gasteiger partial charge in [0, 0.05) is 25.4 Å². The van der Waals surface area contributed by atoms with Crippen molar-refractivity contribution in [2.75, 3.05) is 11.9 Å². The third kappa shape index (κ3) is 3.05. The quantitative estimate of drug-likeness (QED) is 0.746. The molecular weight excluding hydrogens is 202 g/mol. The van der Waals surface area contributed by atoms with Gasteiger partial charge in [0.2, 0.25) is 0 Å². The molecule has 16 heavy (non-hydrogen) atoms. The van der Waals surface area contributed by atoms with E-state index in [4.69, 9.17) is 0 Å². The maximum atomic E-state index is 4.16. The SMILES string of the molecule is Cc1ccc(NCCCc2ncc[nH]2)nn1. The first-order chi connectivity index (χ1) is 7.84. The van der Waals surface area contributed by atoms with Crippen molar-refractivity contribution in [3.05, 3.63) is 36.0 Å². The van der Waals surface area contributed by atoms with Crippen LogP contribution in [0.1, 0.15) is 17.9 Å². The van der Waals surface area contributed by atoms with Crippen LogP contribution < -0.4 is 5.32 Å². The van der Waals surface area contributed by atoms with Crippen LogP contribution in [-0.4, -0.2) is 26.7 Å². The standard InChI is InChI=1S/C11H15N5/c1-9-4-5-11(16-15-9)12-6-2-3-10-13-7-8-14-10/h4-5,7-8H,2-3,6H2,1H3,(H,12,16)(H,13,14). The highest BCUT2D eigenvalue weighted by molar-refractivity contribution is 5.32. The van der Waals surface area contributed by atoms with E-state index in [0.29, 0.717) is 0 Å². The Labute approximate surface area is 94.3 Å². The number of nitrogens with one attached hydrogen (secondary N) is 2. The average molecular weight is 217 g/mol. The Balaban J connectivity index is 1.70. The second-order valence-electron chi connectivity index (χ2n) is 3.63. The van der Waals surface area contributed by atoms with Crippen molar-refractivity contribution in [2.24, 2.45) is 0 Å². The molecule has 0 bridgehead atoms. The molecule has 2 rings (SSSR count). The molecule has 0 aliphatic heterocycles. The number of hydrogen-bond donors (Lipinski definition) is 2. The van der Waals surface area contributed by atoms with Gasteiger partial charge in [0.25, 0.3) is 0 Å². The molecule has 2 aromatic heterocycles.